The van der Waals surface area contributed by atoms with Crippen LogP contribution in [0.15, 0.2) is 21.7 Å². The second kappa shape index (κ2) is 10.1. The zero-order valence-electron chi connectivity index (χ0n) is 16.0. The Hall–Kier alpha value is -0.810. The van der Waals surface area contributed by atoms with Gasteiger partial charge in [-0.2, -0.15) is 0 Å². The number of hydrogen-bond acceptors (Lipinski definition) is 5. The Morgan fingerprint density at radius 3 is 2.67 bits per heavy atom. The molecule has 2 aliphatic heterocycles. The minimum Gasteiger partial charge on any atom is -0.469 e. The lowest BCUT2D eigenvalue weighted by atomic mass is 10.1. The average Bonchev–Trinajstić information content (AvgIpc) is 3.17. The third-order valence-electron chi connectivity index (χ3n) is 5.12. The van der Waals surface area contributed by atoms with Crippen LogP contribution in [0.5, 0.6) is 0 Å². The summed E-state index contributed by atoms with van der Waals surface area (Å²) in [5.74, 6) is 2.40. The number of rotatable bonds is 5. The molecule has 0 amide bonds. The highest BCUT2D eigenvalue weighted by Gasteiger charge is 2.28. The summed E-state index contributed by atoms with van der Waals surface area (Å²) in [6.45, 7) is 4.71. The van der Waals surface area contributed by atoms with Gasteiger partial charge in [-0.05, 0) is 38.2 Å². The molecular formula is C18H30IN3O4S. The maximum Gasteiger partial charge on any atom is 0.194 e. The minimum atomic E-state index is -2.87. The van der Waals surface area contributed by atoms with Gasteiger partial charge in [-0.25, -0.2) is 8.42 Å². The van der Waals surface area contributed by atoms with Crippen molar-refractivity contribution in [1.82, 2.24) is 10.2 Å². The summed E-state index contributed by atoms with van der Waals surface area (Å²) in [6.07, 6.45) is 4.32. The molecule has 0 bridgehead atoms. The Kier molecular flexibility index (Phi) is 8.41. The van der Waals surface area contributed by atoms with E-state index < -0.39 is 9.84 Å². The third-order valence-corrected chi connectivity index (χ3v) is 6.95. The van der Waals surface area contributed by atoms with E-state index in [1.54, 1.807) is 6.26 Å². The molecule has 2 fully saturated rings. The highest BCUT2D eigenvalue weighted by molar-refractivity contribution is 14.0. The van der Waals surface area contributed by atoms with Gasteiger partial charge >= 0.3 is 0 Å². The Labute approximate surface area is 178 Å². The number of sulfone groups is 1. The Morgan fingerprint density at radius 1 is 1.33 bits per heavy atom. The smallest absolute Gasteiger partial charge is 0.194 e. The fourth-order valence-corrected chi connectivity index (χ4v) is 5.29. The average molecular weight is 511 g/mol. The minimum absolute atomic E-state index is 0. The SMILES string of the molecule is Cc1occc1CN(C)C(=NCC1CCS(=O)(=O)C1)NC1CCOCC1.I. The summed E-state index contributed by atoms with van der Waals surface area (Å²) in [4.78, 5) is 6.85. The quantitative estimate of drug-likeness (QED) is 0.371. The van der Waals surface area contributed by atoms with Gasteiger partial charge in [0, 0.05) is 45.0 Å². The molecule has 0 saturated carbocycles. The van der Waals surface area contributed by atoms with Crippen molar-refractivity contribution in [3.05, 3.63) is 23.7 Å². The summed E-state index contributed by atoms with van der Waals surface area (Å²) in [5, 5.41) is 3.55. The Bertz CT molecular complexity index is 729. The van der Waals surface area contributed by atoms with E-state index in [0.29, 0.717) is 31.3 Å². The molecule has 1 atom stereocenters. The van der Waals surface area contributed by atoms with Crippen molar-refractivity contribution in [2.75, 3.05) is 38.3 Å². The van der Waals surface area contributed by atoms with Crippen molar-refractivity contribution >= 4 is 39.8 Å². The largest absolute Gasteiger partial charge is 0.469 e. The van der Waals surface area contributed by atoms with Crippen molar-refractivity contribution < 1.29 is 17.6 Å². The van der Waals surface area contributed by atoms with Crippen LogP contribution in [0.4, 0.5) is 0 Å². The van der Waals surface area contributed by atoms with Gasteiger partial charge in [0.25, 0.3) is 0 Å². The molecule has 1 aromatic rings. The maximum atomic E-state index is 11.7. The Balaban J connectivity index is 0.00000261. The molecule has 1 N–H and O–H groups in total. The molecule has 0 spiro atoms. The fraction of sp³-hybridized carbons (Fsp3) is 0.722. The van der Waals surface area contributed by atoms with Crippen LogP contribution in [0.25, 0.3) is 0 Å². The number of hydrogen-bond donors (Lipinski definition) is 1. The molecule has 154 valence electrons. The van der Waals surface area contributed by atoms with Gasteiger partial charge in [-0.15, -0.1) is 24.0 Å². The van der Waals surface area contributed by atoms with Crippen LogP contribution in [0.2, 0.25) is 0 Å². The first-order valence-electron chi connectivity index (χ1n) is 9.26. The fourth-order valence-electron chi connectivity index (χ4n) is 3.44. The number of guanidine groups is 1. The van der Waals surface area contributed by atoms with Crippen molar-refractivity contribution in [2.45, 2.75) is 38.8 Å². The van der Waals surface area contributed by atoms with Crippen molar-refractivity contribution in [3.63, 3.8) is 0 Å². The van der Waals surface area contributed by atoms with Crippen molar-refractivity contribution in [3.8, 4) is 0 Å². The van der Waals surface area contributed by atoms with Crippen LogP contribution >= 0.6 is 24.0 Å². The molecule has 3 heterocycles. The number of aryl methyl sites for hydroxylation is 1. The normalized spacial score (nSPS) is 23.0. The van der Waals surface area contributed by atoms with E-state index in [-0.39, 0.29) is 35.6 Å². The first kappa shape index (κ1) is 22.5. The lowest BCUT2D eigenvalue weighted by Gasteiger charge is -2.29. The van der Waals surface area contributed by atoms with Crippen LogP contribution < -0.4 is 5.32 Å². The molecule has 0 aromatic carbocycles. The molecule has 0 radical (unpaired) electrons. The number of halogens is 1. The monoisotopic (exact) mass is 511 g/mol. The lowest BCUT2D eigenvalue weighted by Crippen LogP contribution is -2.46. The molecule has 1 aromatic heterocycles. The zero-order valence-corrected chi connectivity index (χ0v) is 19.2. The number of ether oxygens (including phenoxy) is 1. The van der Waals surface area contributed by atoms with Crippen LogP contribution in [0.3, 0.4) is 0 Å². The Morgan fingerprint density at radius 2 is 2.07 bits per heavy atom. The first-order valence-corrected chi connectivity index (χ1v) is 11.1. The van der Waals surface area contributed by atoms with Crippen molar-refractivity contribution in [1.29, 1.82) is 0 Å². The second-order valence-electron chi connectivity index (χ2n) is 7.32. The van der Waals surface area contributed by atoms with Crippen LogP contribution in [0, 0.1) is 12.8 Å². The summed E-state index contributed by atoms with van der Waals surface area (Å²) >= 11 is 0. The number of furan rings is 1. The molecule has 2 aliphatic rings. The second-order valence-corrected chi connectivity index (χ2v) is 9.55. The zero-order chi connectivity index (χ0) is 18.6. The van der Waals surface area contributed by atoms with Crippen molar-refractivity contribution in [2.24, 2.45) is 10.9 Å². The standard InChI is InChI=1S/C18H29N3O4S.HI/c1-14-16(3-9-25-14)12-21(2)18(20-17-4-7-24-8-5-17)19-11-15-6-10-26(22,23)13-15;/h3,9,15,17H,4-8,10-13H2,1-2H3,(H,19,20);1H. The van der Waals surface area contributed by atoms with E-state index >= 15 is 0 Å². The molecular weight excluding hydrogens is 481 g/mol. The van der Waals surface area contributed by atoms with E-state index in [1.165, 1.54) is 0 Å². The number of aliphatic imine (C=N–C) groups is 1. The predicted octanol–water partition coefficient (Wildman–Crippen LogP) is 2.20. The van der Waals surface area contributed by atoms with Gasteiger partial charge in [0.1, 0.15) is 5.76 Å². The topological polar surface area (TPSA) is 84.1 Å². The summed E-state index contributed by atoms with van der Waals surface area (Å²) < 4.78 is 34.2. The number of nitrogens with zero attached hydrogens (tertiary/aromatic N) is 2. The third kappa shape index (κ3) is 6.63. The van der Waals surface area contributed by atoms with Crippen LogP contribution in [0.1, 0.15) is 30.6 Å². The highest BCUT2D eigenvalue weighted by atomic mass is 127. The van der Waals surface area contributed by atoms with E-state index in [9.17, 15) is 8.42 Å². The van der Waals surface area contributed by atoms with Gasteiger partial charge < -0.3 is 19.4 Å². The number of nitrogens with one attached hydrogen (secondary N) is 1. The predicted molar refractivity (Wildman–Crippen MR) is 116 cm³/mol. The van der Waals surface area contributed by atoms with Gasteiger partial charge in [-0.1, -0.05) is 0 Å². The highest BCUT2D eigenvalue weighted by Crippen LogP contribution is 2.19. The van der Waals surface area contributed by atoms with Gasteiger partial charge in [0.2, 0.25) is 0 Å². The molecule has 7 nitrogen and oxygen atoms in total. The summed E-state index contributed by atoms with van der Waals surface area (Å²) in [7, 11) is -0.867. The lowest BCUT2D eigenvalue weighted by molar-refractivity contribution is 0.0816. The molecule has 2 saturated heterocycles. The van der Waals surface area contributed by atoms with E-state index in [1.807, 2.05) is 20.0 Å². The maximum absolute atomic E-state index is 11.7. The van der Waals surface area contributed by atoms with E-state index in [4.69, 9.17) is 14.1 Å². The molecule has 0 aliphatic carbocycles. The molecule has 1 unspecified atom stereocenters. The molecule has 9 heteroatoms. The molecule has 3 rings (SSSR count). The molecule has 27 heavy (non-hydrogen) atoms. The summed E-state index contributed by atoms with van der Waals surface area (Å²) in [5.41, 5.74) is 1.12. The van der Waals surface area contributed by atoms with Gasteiger partial charge in [-0.3, -0.25) is 4.99 Å². The first-order chi connectivity index (χ1) is 12.4. The van der Waals surface area contributed by atoms with Gasteiger partial charge in [0.05, 0.1) is 17.8 Å². The van der Waals surface area contributed by atoms with Gasteiger partial charge in [0.15, 0.2) is 15.8 Å². The van der Waals surface area contributed by atoms with E-state index in [2.05, 4.69) is 10.2 Å². The van der Waals surface area contributed by atoms with Crippen LogP contribution in [-0.2, 0) is 21.1 Å². The van der Waals surface area contributed by atoms with Crippen LogP contribution in [-0.4, -0.2) is 63.6 Å². The van der Waals surface area contributed by atoms with E-state index in [0.717, 1.165) is 43.3 Å². The summed E-state index contributed by atoms with van der Waals surface area (Å²) in [6, 6.07) is 2.31.